The van der Waals surface area contributed by atoms with Crippen LogP contribution in [0.15, 0.2) is 77.9 Å². The number of imidazole rings is 1. The molecule has 3 heterocycles. The summed E-state index contributed by atoms with van der Waals surface area (Å²) >= 11 is 0. The number of ether oxygens (including phenoxy) is 1. The number of nitrogens with zero attached hydrogens (tertiary/aromatic N) is 6. The molecule has 10 heteroatoms. The summed E-state index contributed by atoms with van der Waals surface area (Å²) in [5.41, 5.74) is 7.49. The number of nitrogen functional groups attached to an aromatic ring is 1. The molecular formula is C28H31N7O3. The lowest BCUT2D eigenvalue weighted by atomic mass is 10.2. The predicted molar refractivity (Wildman–Crippen MR) is 147 cm³/mol. The van der Waals surface area contributed by atoms with Gasteiger partial charge in [0, 0.05) is 25.7 Å². The second-order valence-corrected chi connectivity index (χ2v) is 9.31. The molecule has 0 bridgehead atoms. The van der Waals surface area contributed by atoms with Gasteiger partial charge in [-0.2, -0.15) is 0 Å². The van der Waals surface area contributed by atoms with Crippen molar-refractivity contribution in [1.29, 1.82) is 0 Å². The van der Waals surface area contributed by atoms with Gasteiger partial charge < -0.3 is 20.3 Å². The number of hydrogen-bond donors (Lipinski definition) is 1. The van der Waals surface area contributed by atoms with E-state index in [1.54, 1.807) is 39.8 Å². The number of carbonyl (C=O) groups excluding carboxylic acids is 1. The van der Waals surface area contributed by atoms with Gasteiger partial charge in [-0.1, -0.05) is 31.2 Å². The fourth-order valence-corrected chi connectivity index (χ4v) is 4.64. The van der Waals surface area contributed by atoms with E-state index in [9.17, 15) is 9.59 Å². The van der Waals surface area contributed by atoms with Crippen LogP contribution in [0.1, 0.15) is 19.4 Å². The summed E-state index contributed by atoms with van der Waals surface area (Å²) in [6.45, 7) is 4.66. The van der Waals surface area contributed by atoms with Crippen LogP contribution in [0.3, 0.4) is 0 Å². The van der Waals surface area contributed by atoms with E-state index in [0.29, 0.717) is 48.7 Å². The molecule has 2 N–H and O–H groups in total. The number of amides is 1. The molecule has 0 spiro atoms. The maximum Gasteiger partial charge on any atom is 0.335 e. The third kappa shape index (κ3) is 5.03. The van der Waals surface area contributed by atoms with E-state index in [-0.39, 0.29) is 23.5 Å². The monoisotopic (exact) mass is 513 g/mol. The van der Waals surface area contributed by atoms with Crippen molar-refractivity contribution >= 4 is 22.9 Å². The Morgan fingerprint density at radius 2 is 1.87 bits per heavy atom. The number of rotatable bonds is 8. The van der Waals surface area contributed by atoms with Gasteiger partial charge in [0.25, 0.3) is 0 Å². The molecule has 38 heavy (non-hydrogen) atoms. The summed E-state index contributed by atoms with van der Waals surface area (Å²) in [4.78, 5) is 39.0. The number of anilines is 1. The van der Waals surface area contributed by atoms with Gasteiger partial charge in [0.1, 0.15) is 23.3 Å². The Hall–Kier alpha value is -4.44. The molecule has 0 unspecified atom stereocenters. The zero-order chi connectivity index (χ0) is 26.6. The van der Waals surface area contributed by atoms with Crippen molar-refractivity contribution in [2.75, 3.05) is 39.0 Å². The lowest BCUT2D eigenvalue weighted by Crippen LogP contribution is -2.31. The first-order valence-electron chi connectivity index (χ1n) is 12.7. The minimum atomic E-state index is -0.275. The number of nitrogens with two attached hydrogens (primary N) is 1. The molecule has 196 valence electrons. The normalized spacial score (nSPS) is 15.7. The summed E-state index contributed by atoms with van der Waals surface area (Å²) in [7, 11) is 2.00. The topological polar surface area (TPSA) is 112 Å². The quantitative estimate of drug-likeness (QED) is 0.360. The Kier molecular flexibility index (Phi) is 7.23. The molecule has 2 aromatic heterocycles. The van der Waals surface area contributed by atoms with Gasteiger partial charge in [-0.3, -0.25) is 13.9 Å². The number of benzene rings is 2. The van der Waals surface area contributed by atoms with Crippen molar-refractivity contribution in [3.63, 3.8) is 0 Å². The van der Waals surface area contributed by atoms with Crippen molar-refractivity contribution in [3.05, 3.63) is 83.6 Å². The first kappa shape index (κ1) is 25.2. The standard InChI is InChI=1S/C28H31N7O3/c1-3-32(2)16-7-10-24(36)33-17-15-21(18-33)35-27-25(26(29)30-19-31-27)34(28(35)37)20-11-13-23(14-12-20)38-22-8-5-4-6-9-22/h4-14,19,21H,3,15-18H2,1-2H3,(H2,29,30,31)/b10-7+/t21-/m1/s1. The van der Waals surface area contributed by atoms with Crippen LogP contribution in [0.25, 0.3) is 16.9 Å². The molecule has 0 saturated carbocycles. The van der Waals surface area contributed by atoms with Crippen LogP contribution in [0.4, 0.5) is 5.82 Å². The van der Waals surface area contributed by atoms with Gasteiger partial charge in [-0.05, 0) is 56.4 Å². The summed E-state index contributed by atoms with van der Waals surface area (Å²) in [5, 5.41) is 0. The Bertz CT molecular complexity index is 1510. The van der Waals surface area contributed by atoms with Crippen molar-refractivity contribution in [1.82, 2.24) is 28.9 Å². The Morgan fingerprint density at radius 1 is 1.13 bits per heavy atom. The van der Waals surface area contributed by atoms with Crippen molar-refractivity contribution in [3.8, 4) is 17.2 Å². The van der Waals surface area contributed by atoms with Gasteiger partial charge in [-0.25, -0.2) is 14.8 Å². The van der Waals surface area contributed by atoms with E-state index in [4.69, 9.17) is 10.5 Å². The first-order valence-corrected chi connectivity index (χ1v) is 12.7. The molecule has 10 nitrogen and oxygen atoms in total. The molecule has 1 atom stereocenters. The van der Waals surface area contributed by atoms with E-state index in [1.165, 1.54) is 10.9 Å². The zero-order valence-electron chi connectivity index (χ0n) is 21.5. The maximum absolute atomic E-state index is 13.8. The van der Waals surface area contributed by atoms with E-state index in [0.717, 1.165) is 12.3 Å². The average Bonchev–Trinajstić information content (AvgIpc) is 3.52. The molecule has 1 aliphatic heterocycles. The molecule has 1 saturated heterocycles. The molecule has 4 aromatic rings. The molecule has 1 fully saturated rings. The van der Waals surface area contributed by atoms with Gasteiger partial charge in [0.2, 0.25) is 5.91 Å². The van der Waals surface area contributed by atoms with E-state index < -0.39 is 0 Å². The Morgan fingerprint density at radius 3 is 2.61 bits per heavy atom. The highest BCUT2D eigenvalue weighted by molar-refractivity contribution is 5.88. The molecule has 2 aromatic carbocycles. The second kappa shape index (κ2) is 10.9. The smallest absolute Gasteiger partial charge is 0.335 e. The number of likely N-dealkylation sites (tertiary alicyclic amines) is 1. The summed E-state index contributed by atoms with van der Waals surface area (Å²) in [6, 6.07) is 16.5. The van der Waals surface area contributed by atoms with E-state index in [1.807, 2.05) is 43.5 Å². The number of aromatic nitrogens is 4. The largest absolute Gasteiger partial charge is 0.457 e. The molecule has 5 rings (SSSR count). The highest BCUT2D eigenvalue weighted by Crippen LogP contribution is 2.28. The highest BCUT2D eigenvalue weighted by atomic mass is 16.5. The van der Waals surface area contributed by atoms with Gasteiger partial charge >= 0.3 is 5.69 Å². The summed E-state index contributed by atoms with van der Waals surface area (Å²) in [6.07, 6.45) is 5.48. The Labute approximate surface area is 220 Å². The van der Waals surface area contributed by atoms with Crippen LogP contribution in [-0.4, -0.2) is 68.0 Å². The molecule has 0 radical (unpaired) electrons. The minimum Gasteiger partial charge on any atom is -0.457 e. The maximum atomic E-state index is 13.8. The van der Waals surface area contributed by atoms with E-state index >= 15 is 0 Å². The number of carbonyl (C=O) groups is 1. The fourth-order valence-electron chi connectivity index (χ4n) is 4.64. The van der Waals surface area contributed by atoms with Crippen molar-refractivity contribution in [2.45, 2.75) is 19.4 Å². The predicted octanol–water partition coefficient (Wildman–Crippen LogP) is 3.24. The van der Waals surface area contributed by atoms with Crippen molar-refractivity contribution < 1.29 is 9.53 Å². The lowest BCUT2D eigenvalue weighted by molar-refractivity contribution is -0.125. The molecule has 0 aliphatic carbocycles. The molecular weight excluding hydrogens is 482 g/mol. The van der Waals surface area contributed by atoms with Crippen LogP contribution in [0.2, 0.25) is 0 Å². The van der Waals surface area contributed by atoms with Gasteiger partial charge in [0.15, 0.2) is 11.5 Å². The van der Waals surface area contributed by atoms with Gasteiger partial charge in [-0.15, -0.1) is 0 Å². The minimum absolute atomic E-state index is 0.0584. The SMILES string of the molecule is CCN(C)C/C=C/C(=O)N1CC[C@@H](n2c(=O)n(-c3ccc(Oc4ccccc4)cc3)c3c(N)ncnc32)C1. The third-order valence-corrected chi connectivity index (χ3v) is 6.81. The summed E-state index contributed by atoms with van der Waals surface area (Å²) in [5.74, 6) is 1.52. The molecule has 1 amide bonds. The fraction of sp³-hybridized carbons (Fsp3) is 0.286. The number of fused-ring (bicyclic) bond motifs is 1. The van der Waals surface area contributed by atoms with Crippen molar-refractivity contribution in [2.24, 2.45) is 0 Å². The van der Waals surface area contributed by atoms with Crippen LogP contribution < -0.4 is 16.2 Å². The summed E-state index contributed by atoms with van der Waals surface area (Å²) < 4.78 is 9.06. The van der Waals surface area contributed by atoms with E-state index in [2.05, 4.69) is 21.8 Å². The second-order valence-electron chi connectivity index (χ2n) is 9.31. The number of hydrogen-bond acceptors (Lipinski definition) is 7. The van der Waals surface area contributed by atoms with Crippen LogP contribution in [0.5, 0.6) is 11.5 Å². The molecule has 1 aliphatic rings. The lowest BCUT2D eigenvalue weighted by Gasteiger charge is -2.15. The first-order chi connectivity index (χ1) is 18.5. The Balaban J connectivity index is 1.43. The number of likely N-dealkylation sites (N-methyl/N-ethyl adjacent to an activating group) is 1. The van der Waals surface area contributed by atoms with Crippen LogP contribution in [0, 0.1) is 0 Å². The number of para-hydroxylation sites is 1. The third-order valence-electron chi connectivity index (χ3n) is 6.81. The van der Waals surface area contributed by atoms with Crippen LogP contribution >= 0.6 is 0 Å². The van der Waals surface area contributed by atoms with Crippen LogP contribution in [-0.2, 0) is 4.79 Å². The average molecular weight is 514 g/mol. The van der Waals surface area contributed by atoms with Gasteiger partial charge in [0.05, 0.1) is 11.7 Å². The zero-order valence-corrected chi connectivity index (χ0v) is 21.5. The highest BCUT2D eigenvalue weighted by Gasteiger charge is 2.31.